The van der Waals surface area contributed by atoms with Gasteiger partial charge in [-0.25, -0.2) is 4.98 Å². The summed E-state index contributed by atoms with van der Waals surface area (Å²) < 4.78 is 2.47. The number of fused-ring (bicyclic) bond motifs is 1. The van der Waals surface area contributed by atoms with E-state index in [-0.39, 0.29) is 5.91 Å². The lowest BCUT2D eigenvalue weighted by Crippen LogP contribution is -2.05. The normalized spacial score (nSPS) is 10.6. The Morgan fingerprint density at radius 2 is 2.33 bits per heavy atom. The first-order valence-electron chi connectivity index (χ1n) is 4.18. The molecule has 1 amide bonds. The Labute approximate surface area is 99.4 Å². The average molecular weight is 289 g/mol. The highest BCUT2D eigenvalue weighted by Gasteiger charge is 2.07. The molecule has 0 aliphatic heterocycles. The number of aromatic nitrogens is 2. The van der Waals surface area contributed by atoms with E-state index in [1.54, 1.807) is 16.7 Å². The van der Waals surface area contributed by atoms with Gasteiger partial charge in [0.15, 0.2) is 5.82 Å². The number of hydrogen-bond donors (Lipinski definition) is 1. The third kappa shape index (κ3) is 1.98. The molecular weight excluding hydrogens is 281 g/mol. The van der Waals surface area contributed by atoms with Gasteiger partial charge in [-0.2, -0.15) is 0 Å². The van der Waals surface area contributed by atoms with Crippen molar-refractivity contribution in [2.24, 2.45) is 0 Å². The SMILES string of the molecule is CC(=O)Nc1cn2c(Cl)c(Br)ccc2n1. The number of hydrogen-bond acceptors (Lipinski definition) is 2. The summed E-state index contributed by atoms with van der Waals surface area (Å²) in [7, 11) is 0. The van der Waals surface area contributed by atoms with Crippen LogP contribution in [0, 0.1) is 0 Å². The van der Waals surface area contributed by atoms with Gasteiger partial charge in [-0.05, 0) is 28.1 Å². The Kier molecular flexibility index (Phi) is 2.67. The van der Waals surface area contributed by atoms with E-state index in [2.05, 4.69) is 26.2 Å². The quantitative estimate of drug-likeness (QED) is 0.820. The van der Waals surface area contributed by atoms with Crippen LogP contribution in [0.5, 0.6) is 0 Å². The Bertz CT molecular complexity index is 537. The molecule has 2 aromatic rings. The van der Waals surface area contributed by atoms with Gasteiger partial charge >= 0.3 is 0 Å². The van der Waals surface area contributed by atoms with E-state index in [4.69, 9.17) is 11.6 Å². The van der Waals surface area contributed by atoms with Crippen LogP contribution in [0.15, 0.2) is 22.8 Å². The van der Waals surface area contributed by atoms with E-state index < -0.39 is 0 Å². The number of nitrogens with zero attached hydrogens (tertiary/aromatic N) is 2. The van der Waals surface area contributed by atoms with E-state index in [1.807, 2.05) is 6.07 Å². The highest BCUT2D eigenvalue weighted by molar-refractivity contribution is 9.10. The van der Waals surface area contributed by atoms with Crippen LogP contribution in [0.1, 0.15) is 6.92 Å². The number of amides is 1. The maximum absolute atomic E-state index is 10.8. The van der Waals surface area contributed by atoms with Crippen molar-refractivity contribution in [2.45, 2.75) is 6.92 Å². The van der Waals surface area contributed by atoms with E-state index >= 15 is 0 Å². The molecule has 0 aliphatic rings. The lowest BCUT2D eigenvalue weighted by molar-refractivity contribution is -0.114. The average Bonchev–Trinajstić information content (AvgIpc) is 2.54. The van der Waals surface area contributed by atoms with Crippen molar-refractivity contribution in [1.82, 2.24) is 9.38 Å². The lowest BCUT2D eigenvalue weighted by atomic mass is 10.5. The van der Waals surface area contributed by atoms with Crippen molar-refractivity contribution in [2.75, 3.05) is 5.32 Å². The summed E-state index contributed by atoms with van der Waals surface area (Å²) in [6.07, 6.45) is 1.67. The molecule has 15 heavy (non-hydrogen) atoms. The molecular formula is C9H7BrClN3O. The van der Waals surface area contributed by atoms with Gasteiger partial charge in [-0.3, -0.25) is 9.20 Å². The molecule has 78 valence electrons. The first-order chi connectivity index (χ1) is 7.08. The van der Waals surface area contributed by atoms with Gasteiger partial charge in [0.1, 0.15) is 10.8 Å². The second-order valence-corrected chi connectivity index (χ2v) is 4.22. The summed E-state index contributed by atoms with van der Waals surface area (Å²) in [6.45, 7) is 1.43. The third-order valence-electron chi connectivity index (χ3n) is 1.82. The first kappa shape index (κ1) is 10.4. The number of imidazole rings is 1. The minimum absolute atomic E-state index is 0.159. The zero-order chi connectivity index (χ0) is 11.0. The molecule has 1 N–H and O–H groups in total. The standard InChI is InChI=1S/C9H7BrClN3O/c1-5(15)12-7-4-14-8(13-7)3-2-6(10)9(14)11/h2-4H,1H3,(H,12,15). The molecule has 0 fully saturated rings. The fourth-order valence-corrected chi connectivity index (χ4v) is 1.76. The minimum atomic E-state index is -0.159. The molecule has 4 nitrogen and oxygen atoms in total. The van der Waals surface area contributed by atoms with E-state index in [0.717, 1.165) is 4.47 Å². The second kappa shape index (κ2) is 3.83. The van der Waals surface area contributed by atoms with Gasteiger partial charge in [0, 0.05) is 6.92 Å². The molecule has 0 bridgehead atoms. The van der Waals surface area contributed by atoms with Gasteiger partial charge in [0.25, 0.3) is 0 Å². The second-order valence-electron chi connectivity index (χ2n) is 3.01. The van der Waals surface area contributed by atoms with Crippen molar-refractivity contribution < 1.29 is 4.79 Å². The van der Waals surface area contributed by atoms with Crippen LogP contribution in [-0.2, 0) is 4.79 Å². The zero-order valence-electron chi connectivity index (χ0n) is 7.79. The van der Waals surface area contributed by atoms with Crippen LogP contribution < -0.4 is 5.32 Å². The predicted molar refractivity (Wildman–Crippen MR) is 62.2 cm³/mol. The largest absolute Gasteiger partial charge is 0.310 e. The Hall–Kier alpha value is -1.07. The molecule has 2 heterocycles. The summed E-state index contributed by atoms with van der Waals surface area (Å²) in [5.74, 6) is 0.330. The highest BCUT2D eigenvalue weighted by atomic mass is 79.9. The van der Waals surface area contributed by atoms with E-state index in [1.165, 1.54) is 6.92 Å². The van der Waals surface area contributed by atoms with Crippen LogP contribution in [0.3, 0.4) is 0 Å². The summed E-state index contributed by atoms with van der Waals surface area (Å²) >= 11 is 9.35. The molecule has 0 aromatic carbocycles. The number of halogens is 2. The minimum Gasteiger partial charge on any atom is -0.310 e. The fourth-order valence-electron chi connectivity index (χ4n) is 1.24. The molecule has 0 aliphatic carbocycles. The third-order valence-corrected chi connectivity index (χ3v) is 3.08. The summed E-state index contributed by atoms with van der Waals surface area (Å²) in [5, 5.41) is 3.12. The zero-order valence-corrected chi connectivity index (χ0v) is 10.1. The van der Waals surface area contributed by atoms with Gasteiger partial charge in [-0.1, -0.05) is 11.6 Å². The maximum Gasteiger partial charge on any atom is 0.222 e. The summed E-state index contributed by atoms with van der Waals surface area (Å²) in [5.41, 5.74) is 0.687. The van der Waals surface area contributed by atoms with Gasteiger partial charge in [0.05, 0.1) is 10.7 Å². The molecule has 0 saturated carbocycles. The first-order valence-corrected chi connectivity index (χ1v) is 5.36. The number of carbonyl (C=O) groups excluding carboxylic acids is 1. The van der Waals surface area contributed by atoms with Crippen LogP contribution in [0.4, 0.5) is 5.82 Å². The number of nitrogens with one attached hydrogen (secondary N) is 1. The number of rotatable bonds is 1. The van der Waals surface area contributed by atoms with Crippen LogP contribution in [-0.4, -0.2) is 15.3 Å². The molecule has 2 aromatic heterocycles. The lowest BCUT2D eigenvalue weighted by Gasteiger charge is -1.98. The topological polar surface area (TPSA) is 46.4 Å². The van der Waals surface area contributed by atoms with Crippen molar-refractivity contribution in [3.63, 3.8) is 0 Å². The Morgan fingerprint density at radius 1 is 1.60 bits per heavy atom. The monoisotopic (exact) mass is 287 g/mol. The molecule has 0 radical (unpaired) electrons. The maximum atomic E-state index is 10.8. The van der Waals surface area contributed by atoms with Crippen molar-refractivity contribution in [3.05, 3.63) is 28.0 Å². The highest BCUT2D eigenvalue weighted by Crippen LogP contribution is 2.24. The molecule has 0 spiro atoms. The Morgan fingerprint density at radius 3 is 3.00 bits per heavy atom. The molecule has 0 atom stereocenters. The van der Waals surface area contributed by atoms with Crippen LogP contribution >= 0.6 is 27.5 Å². The fraction of sp³-hybridized carbons (Fsp3) is 0.111. The van der Waals surface area contributed by atoms with Crippen molar-refractivity contribution in [3.8, 4) is 0 Å². The van der Waals surface area contributed by atoms with Gasteiger partial charge in [-0.15, -0.1) is 0 Å². The van der Waals surface area contributed by atoms with Gasteiger partial charge < -0.3 is 5.32 Å². The number of carbonyl (C=O) groups is 1. The molecule has 6 heteroatoms. The summed E-state index contributed by atoms with van der Waals surface area (Å²) in [6, 6.07) is 3.61. The number of pyridine rings is 1. The molecule has 0 unspecified atom stereocenters. The van der Waals surface area contributed by atoms with E-state index in [9.17, 15) is 4.79 Å². The van der Waals surface area contributed by atoms with Crippen LogP contribution in [0.2, 0.25) is 5.15 Å². The molecule has 2 rings (SSSR count). The van der Waals surface area contributed by atoms with Gasteiger partial charge in [0.2, 0.25) is 5.91 Å². The van der Waals surface area contributed by atoms with Crippen molar-refractivity contribution in [1.29, 1.82) is 0 Å². The molecule has 0 saturated heterocycles. The van der Waals surface area contributed by atoms with Crippen molar-refractivity contribution >= 4 is 44.9 Å². The smallest absolute Gasteiger partial charge is 0.222 e. The Balaban J connectivity index is 2.56. The predicted octanol–water partition coefficient (Wildman–Crippen LogP) is 2.71. The van der Waals surface area contributed by atoms with E-state index in [0.29, 0.717) is 16.6 Å². The van der Waals surface area contributed by atoms with Crippen LogP contribution in [0.25, 0.3) is 5.65 Å². The number of anilines is 1. The summed E-state index contributed by atoms with van der Waals surface area (Å²) in [4.78, 5) is 15.0.